The van der Waals surface area contributed by atoms with E-state index in [0.29, 0.717) is 6.42 Å². The van der Waals surface area contributed by atoms with E-state index in [-0.39, 0.29) is 11.9 Å². The molecule has 0 spiro atoms. The molecule has 26 heavy (non-hydrogen) atoms. The fourth-order valence-electron chi connectivity index (χ4n) is 3.54. The van der Waals surface area contributed by atoms with Crippen molar-refractivity contribution in [3.8, 4) is 0 Å². The van der Waals surface area contributed by atoms with Gasteiger partial charge in [-0.25, -0.2) is 9.97 Å². The van der Waals surface area contributed by atoms with Crippen molar-refractivity contribution in [1.82, 2.24) is 15.3 Å². The van der Waals surface area contributed by atoms with Crippen LogP contribution in [-0.2, 0) is 11.2 Å². The average molecular weight is 346 g/mol. The number of rotatable bonds is 4. The van der Waals surface area contributed by atoms with E-state index >= 15 is 0 Å². The van der Waals surface area contributed by atoms with Gasteiger partial charge in [0.25, 0.3) is 0 Å². The zero-order valence-electron chi connectivity index (χ0n) is 14.6. The lowest BCUT2D eigenvalue weighted by atomic mass is 10.0. The van der Waals surface area contributed by atoms with Crippen molar-refractivity contribution in [2.24, 2.45) is 0 Å². The summed E-state index contributed by atoms with van der Waals surface area (Å²) in [7, 11) is 0. The summed E-state index contributed by atoms with van der Waals surface area (Å²) < 4.78 is 0. The Bertz CT molecular complexity index is 897. The second-order valence-corrected chi connectivity index (χ2v) is 6.76. The molecule has 1 fully saturated rings. The molecule has 0 unspecified atom stereocenters. The van der Waals surface area contributed by atoms with Gasteiger partial charge in [0.2, 0.25) is 11.9 Å². The third-order valence-electron chi connectivity index (χ3n) is 4.80. The van der Waals surface area contributed by atoms with Gasteiger partial charge in [-0.3, -0.25) is 4.79 Å². The number of hydrogen-bond acceptors (Lipinski definition) is 4. The highest BCUT2D eigenvalue weighted by Gasteiger charge is 2.22. The summed E-state index contributed by atoms with van der Waals surface area (Å²) in [6.07, 6.45) is 5.93. The zero-order valence-corrected chi connectivity index (χ0v) is 14.6. The quantitative estimate of drug-likeness (QED) is 0.789. The first-order valence-corrected chi connectivity index (χ1v) is 9.07. The number of piperidine rings is 1. The van der Waals surface area contributed by atoms with Gasteiger partial charge in [0, 0.05) is 31.5 Å². The number of benzene rings is 2. The first kappa shape index (κ1) is 16.5. The number of aromatic nitrogens is 2. The molecule has 132 valence electrons. The Balaban J connectivity index is 1.37. The number of carbonyl (C=O) groups excluding carboxylic acids is 1. The van der Waals surface area contributed by atoms with Gasteiger partial charge in [-0.05, 0) is 35.2 Å². The lowest BCUT2D eigenvalue weighted by molar-refractivity contribution is -0.121. The molecule has 1 amide bonds. The molecule has 1 aromatic heterocycles. The summed E-state index contributed by atoms with van der Waals surface area (Å²) in [6.45, 7) is 1.69. The van der Waals surface area contributed by atoms with Gasteiger partial charge >= 0.3 is 0 Å². The van der Waals surface area contributed by atoms with E-state index in [2.05, 4.69) is 44.5 Å². The van der Waals surface area contributed by atoms with Gasteiger partial charge in [0.15, 0.2) is 0 Å². The van der Waals surface area contributed by atoms with E-state index in [1.807, 2.05) is 24.3 Å². The minimum absolute atomic E-state index is 0.0705. The van der Waals surface area contributed by atoms with Crippen molar-refractivity contribution in [2.45, 2.75) is 25.3 Å². The molecule has 0 radical (unpaired) electrons. The summed E-state index contributed by atoms with van der Waals surface area (Å²) >= 11 is 0. The SMILES string of the molecule is O=C(Cc1ccc2ccccc2c1)N[C@H]1CCCN(c2ncccn2)C1. The number of hydrogen-bond donors (Lipinski definition) is 1. The van der Waals surface area contributed by atoms with Crippen LogP contribution in [0.4, 0.5) is 5.95 Å². The van der Waals surface area contributed by atoms with E-state index in [4.69, 9.17) is 0 Å². The molecule has 1 N–H and O–H groups in total. The van der Waals surface area contributed by atoms with Crippen LogP contribution in [0.5, 0.6) is 0 Å². The highest BCUT2D eigenvalue weighted by atomic mass is 16.1. The van der Waals surface area contributed by atoms with Gasteiger partial charge in [-0.15, -0.1) is 0 Å². The standard InChI is InChI=1S/C21H22N4O/c26-20(14-16-8-9-17-5-1-2-6-18(17)13-16)24-19-7-3-12-25(15-19)21-22-10-4-11-23-21/h1-2,4-6,8-11,13,19H,3,7,12,14-15H2,(H,24,26)/t19-/m0/s1. The molecule has 5 heteroatoms. The lowest BCUT2D eigenvalue weighted by Crippen LogP contribution is -2.48. The molecule has 0 bridgehead atoms. The van der Waals surface area contributed by atoms with Crippen LogP contribution in [0.1, 0.15) is 18.4 Å². The van der Waals surface area contributed by atoms with Crippen LogP contribution < -0.4 is 10.2 Å². The molecule has 3 aromatic rings. The number of nitrogens with zero attached hydrogens (tertiary/aromatic N) is 3. The summed E-state index contributed by atoms with van der Waals surface area (Å²) in [5, 5.41) is 5.55. The Labute approximate surface area is 153 Å². The topological polar surface area (TPSA) is 58.1 Å². The Hall–Kier alpha value is -2.95. The maximum absolute atomic E-state index is 12.5. The fraction of sp³-hybridized carbons (Fsp3) is 0.286. The Morgan fingerprint density at radius 1 is 1.08 bits per heavy atom. The van der Waals surface area contributed by atoms with Crippen molar-refractivity contribution in [1.29, 1.82) is 0 Å². The number of carbonyl (C=O) groups is 1. The smallest absolute Gasteiger partial charge is 0.225 e. The Kier molecular flexibility index (Phi) is 4.78. The van der Waals surface area contributed by atoms with Crippen LogP contribution in [0.3, 0.4) is 0 Å². The van der Waals surface area contributed by atoms with E-state index in [9.17, 15) is 4.79 Å². The van der Waals surface area contributed by atoms with E-state index in [1.165, 1.54) is 10.8 Å². The molecule has 0 saturated carbocycles. The Morgan fingerprint density at radius 3 is 2.73 bits per heavy atom. The molecule has 4 rings (SSSR count). The first-order chi connectivity index (χ1) is 12.8. The molecular weight excluding hydrogens is 324 g/mol. The molecule has 5 nitrogen and oxygen atoms in total. The maximum atomic E-state index is 12.5. The second-order valence-electron chi connectivity index (χ2n) is 6.76. The van der Waals surface area contributed by atoms with Crippen molar-refractivity contribution < 1.29 is 4.79 Å². The lowest BCUT2D eigenvalue weighted by Gasteiger charge is -2.33. The minimum atomic E-state index is 0.0705. The van der Waals surface area contributed by atoms with E-state index in [1.54, 1.807) is 12.4 Å². The molecule has 2 heterocycles. The molecule has 0 aliphatic carbocycles. The molecule has 1 saturated heterocycles. The second kappa shape index (κ2) is 7.52. The molecule has 1 aliphatic heterocycles. The van der Waals surface area contributed by atoms with Gasteiger partial charge in [-0.1, -0.05) is 42.5 Å². The minimum Gasteiger partial charge on any atom is -0.351 e. The van der Waals surface area contributed by atoms with Crippen molar-refractivity contribution in [3.05, 3.63) is 66.5 Å². The first-order valence-electron chi connectivity index (χ1n) is 9.07. The summed E-state index contributed by atoms with van der Waals surface area (Å²) in [5.74, 6) is 0.807. The van der Waals surface area contributed by atoms with Gasteiger partial charge in [-0.2, -0.15) is 0 Å². The van der Waals surface area contributed by atoms with Gasteiger partial charge < -0.3 is 10.2 Å². The monoisotopic (exact) mass is 346 g/mol. The van der Waals surface area contributed by atoms with Crippen molar-refractivity contribution in [2.75, 3.05) is 18.0 Å². The normalized spacial score (nSPS) is 17.2. The highest BCUT2D eigenvalue weighted by Crippen LogP contribution is 2.17. The third-order valence-corrected chi connectivity index (χ3v) is 4.80. The number of amides is 1. The van der Waals surface area contributed by atoms with E-state index in [0.717, 1.165) is 37.4 Å². The third kappa shape index (κ3) is 3.82. The van der Waals surface area contributed by atoms with Crippen molar-refractivity contribution >= 4 is 22.6 Å². The van der Waals surface area contributed by atoms with Gasteiger partial charge in [0.05, 0.1) is 6.42 Å². The van der Waals surface area contributed by atoms with Gasteiger partial charge in [0.1, 0.15) is 0 Å². The molecular formula is C21H22N4O. The zero-order chi connectivity index (χ0) is 17.8. The van der Waals surface area contributed by atoms with Crippen LogP contribution in [-0.4, -0.2) is 35.0 Å². The predicted octanol–water partition coefficient (Wildman–Crippen LogP) is 2.96. The van der Waals surface area contributed by atoms with Crippen LogP contribution in [0, 0.1) is 0 Å². The molecule has 1 aliphatic rings. The highest BCUT2D eigenvalue weighted by molar-refractivity contribution is 5.85. The largest absolute Gasteiger partial charge is 0.351 e. The summed E-state index contributed by atoms with van der Waals surface area (Å²) in [5.41, 5.74) is 1.04. The Morgan fingerprint density at radius 2 is 1.88 bits per heavy atom. The van der Waals surface area contributed by atoms with Crippen LogP contribution in [0.25, 0.3) is 10.8 Å². The van der Waals surface area contributed by atoms with E-state index < -0.39 is 0 Å². The van der Waals surface area contributed by atoms with Crippen LogP contribution >= 0.6 is 0 Å². The molecule has 1 atom stereocenters. The average Bonchev–Trinajstić information content (AvgIpc) is 2.69. The van der Waals surface area contributed by atoms with Crippen LogP contribution in [0.15, 0.2) is 60.9 Å². The molecule has 2 aromatic carbocycles. The summed E-state index contributed by atoms with van der Waals surface area (Å²) in [6, 6.07) is 16.4. The summed E-state index contributed by atoms with van der Waals surface area (Å²) in [4.78, 5) is 23.3. The van der Waals surface area contributed by atoms with Crippen molar-refractivity contribution in [3.63, 3.8) is 0 Å². The number of nitrogens with one attached hydrogen (secondary N) is 1. The number of anilines is 1. The van der Waals surface area contributed by atoms with Crippen LogP contribution in [0.2, 0.25) is 0 Å². The maximum Gasteiger partial charge on any atom is 0.225 e. The number of fused-ring (bicyclic) bond motifs is 1. The predicted molar refractivity (Wildman–Crippen MR) is 103 cm³/mol. The fourth-order valence-corrected chi connectivity index (χ4v) is 3.54.